The highest BCUT2D eigenvalue weighted by atomic mass is 16.2. The summed E-state index contributed by atoms with van der Waals surface area (Å²) < 4.78 is 0. The van der Waals surface area contributed by atoms with E-state index in [1.165, 1.54) is 5.70 Å². The fourth-order valence-corrected chi connectivity index (χ4v) is 4.14. The van der Waals surface area contributed by atoms with Crippen molar-refractivity contribution < 1.29 is 4.79 Å². The average Bonchev–Trinajstić information content (AvgIpc) is 2.68. The van der Waals surface area contributed by atoms with Gasteiger partial charge in [0.15, 0.2) is 5.96 Å². The summed E-state index contributed by atoms with van der Waals surface area (Å²) in [5.74, 6) is 1.83. The zero-order chi connectivity index (χ0) is 17.2. The van der Waals surface area contributed by atoms with Crippen LogP contribution in [0.2, 0.25) is 0 Å². The Bertz CT molecular complexity index is 491. The third kappa shape index (κ3) is 3.88. The van der Waals surface area contributed by atoms with Crippen molar-refractivity contribution >= 4 is 11.9 Å². The van der Waals surface area contributed by atoms with Crippen molar-refractivity contribution in [3.8, 4) is 0 Å². The summed E-state index contributed by atoms with van der Waals surface area (Å²) in [7, 11) is 0. The highest BCUT2D eigenvalue weighted by Gasteiger charge is 2.42. The number of hydrogen-bond donors (Lipinski definition) is 2. The molecule has 1 amide bonds. The lowest BCUT2D eigenvalue weighted by atomic mass is 9.87. The Morgan fingerprint density at radius 1 is 1.43 bits per heavy atom. The van der Waals surface area contributed by atoms with Crippen LogP contribution < -0.4 is 5.32 Å². The second-order valence-electron chi connectivity index (χ2n) is 7.64. The summed E-state index contributed by atoms with van der Waals surface area (Å²) in [6.07, 6.45) is 5.23. The molecule has 2 rings (SSSR count). The highest BCUT2D eigenvalue weighted by molar-refractivity contribution is 5.84. The molecule has 2 fully saturated rings. The van der Waals surface area contributed by atoms with Crippen LogP contribution in [-0.4, -0.2) is 46.8 Å². The number of carbonyl (C=O) groups is 1. The standard InChI is InChI=1S/C18H32N4O/c1-6-16-18(5,11-13(2)3)20-17(19)22(16)12-15-7-9-21(10-8-15)14(4)23/h6,13,15H,7-12H2,1-5H3,(H2,19,20). The van der Waals surface area contributed by atoms with E-state index in [4.69, 9.17) is 5.41 Å². The molecule has 2 aliphatic heterocycles. The van der Waals surface area contributed by atoms with Gasteiger partial charge in [-0.15, -0.1) is 0 Å². The first-order valence-corrected chi connectivity index (χ1v) is 8.83. The van der Waals surface area contributed by atoms with Crippen molar-refractivity contribution in [1.29, 1.82) is 5.41 Å². The van der Waals surface area contributed by atoms with Gasteiger partial charge in [0.25, 0.3) is 0 Å². The lowest BCUT2D eigenvalue weighted by Crippen LogP contribution is -2.41. The maximum atomic E-state index is 11.5. The summed E-state index contributed by atoms with van der Waals surface area (Å²) in [5, 5.41) is 11.8. The number of likely N-dealkylation sites (tertiary alicyclic amines) is 1. The molecule has 0 radical (unpaired) electrons. The van der Waals surface area contributed by atoms with Gasteiger partial charge in [-0.3, -0.25) is 10.2 Å². The Balaban J connectivity index is 2.03. The number of amides is 1. The molecule has 2 N–H and O–H groups in total. The van der Waals surface area contributed by atoms with Crippen LogP contribution in [0.3, 0.4) is 0 Å². The molecule has 0 bridgehead atoms. The Kier molecular flexibility index (Phi) is 5.37. The van der Waals surface area contributed by atoms with Gasteiger partial charge in [0.05, 0.1) is 5.54 Å². The van der Waals surface area contributed by atoms with Crippen LogP contribution in [-0.2, 0) is 4.79 Å². The monoisotopic (exact) mass is 320 g/mol. The SMILES string of the molecule is CC=C1N(CC2CCN(C(C)=O)CC2)C(=N)NC1(C)CC(C)C. The van der Waals surface area contributed by atoms with E-state index in [-0.39, 0.29) is 11.4 Å². The molecule has 0 aliphatic carbocycles. The fourth-order valence-electron chi connectivity index (χ4n) is 4.14. The minimum Gasteiger partial charge on any atom is -0.345 e. The molecular formula is C18H32N4O. The normalized spacial score (nSPS) is 27.9. The van der Waals surface area contributed by atoms with Crippen LogP contribution >= 0.6 is 0 Å². The van der Waals surface area contributed by atoms with Crippen molar-refractivity contribution in [3.63, 3.8) is 0 Å². The third-order valence-corrected chi connectivity index (χ3v) is 5.11. The predicted octanol–water partition coefficient (Wildman–Crippen LogP) is 2.79. The Morgan fingerprint density at radius 2 is 2.04 bits per heavy atom. The molecule has 130 valence electrons. The van der Waals surface area contributed by atoms with Gasteiger partial charge < -0.3 is 15.1 Å². The summed E-state index contributed by atoms with van der Waals surface area (Å²) >= 11 is 0. The fraction of sp³-hybridized carbons (Fsp3) is 0.778. The predicted molar refractivity (Wildman–Crippen MR) is 94.2 cm³/mol. The van der Waals surface area contributed by atoms with Gasteiger partial charge in [-0.05, 0) is 44.9 Å². The van der Waals surface area contributed by atoms with Crippen LogP contribution in [0.5, 0.6) is 0 Å². The minimum absolute atomic E-state index is 0.139. The van der Waals surface area contributed by atoms with Gasteiger partial charge in [0.2, 0.25) is 5.91 Å². The second kappa shape index (κ2) is 6.93. The lowest BCUT2D eigenvalue weighted by Gasteiger charge is -2.35. The lowest BCUT2D eigenvalue weighted by molar-refractivity contribution is -0.130. The van der Waals surface area contributed by atoms with Gasteiger partial charge in [0.1, 0.15) is 0 Å². The molecule has 2 heterocycles. The minimum atomic E-state index is -0.139. The van der Waals surface area contributed by atoms with Crippen LogP contribution in [0.25, 0.3) is 0 Å². The first kappa shape index (κ1) is 17.8. The summed E-state index contributed by atoms with van der Waals surface area (Å²) in [5.41, 5.74) is 1.09. The van der Waals surface area contributed by atoms with Crippen molar-refractivity contribution in [2.75, 3.05) is 19.6 Å². The first-order valence-electron chi connectivity index (χ1n) is 8.83. The quantitative estimate of drug-likeness (QED) is 0.837. The number of guanidine groups is 1. The van der Waals surface area contributed by atoms with Gasteiger partial charge in [0, 0.05) is 32.3 Å². The zero-order valence-electron chi connectivity index (χ0n) is 15.3. The van der Waals surface area contributed by atoms with E-state index in [0.717, 1.165) is 38.9 Å². The van der Waals surface area contributed by atoms with Gasteiger partial charge in [-0.1, -0.05) is 19.9 Å². The van der Waals surface area contributed by atoms with E-state index in [1.54, 1.807) is 6.92 Å². The number of nitrogens with one attached hydrogen (secondary N) is 2. The zero-order valence-corrected chi connectivity index (χ0v) is 15.3. The molecule has 0 aromatic rings. The maximum absolute atomic E-state index is 11.5. The average molecular weight is 320 g/mol. The maximum Gasteiger partial charge on any atom is 0.219 e. The molecule has 0 aromatic carbocycles. The van der Waals surface area contributed by atoms with E-state index < -0.39 is 0 Å². The molecule has 23 heavy (non-hydrogen) atoms. The van der Waals surface area contributed by atoms with Crippen molar-refractivity contribution in [1.82, 2.24) is 15.1 Å². The van der Waals surface area contributed by atoms with Crippen LogP contribution in [0.1, 0.15) is 53.9 Å². The smallest absolute Gasteiger partial charge is 0.219 e. The molecule has 5 heteroatoms. The number of rotatable bonds is 4. The molecule has 5 nitrogen and oxygen atoms in total. The first-order chi connectivity index (χ1) is 10.8. The number of carbonyl (C=O) groups excluding carboxylic acids is 1. The van der Waals surface area contributed by atoms with E-state index >= 15 is 0 Å². The van der Waals surface area contributed by atoms with Crippen molar-refractivity contribution in [2.24, 2.45) is 11.8 Å². The molecule has 0 saturated carbocycles. The second-order valence-corrected chi connectivity index (χ2v) is 7.64. The van der Waals surface area contributed by atoms with E-state index in [2.05, 4.69) is 44.0 Å². The van der Waals surface area contributed by atoms with E-state index in [0.29, 0.717) is 17.8 Å². The van der Waals surface area contributed by atoms with Crippen LogP contribution in [0, 0.1) is 17.2 Å². The topological polar surface area (TPSA) is 59.4 Å². The molecule has 0 aromatic heterocycles. The summed E-state index contributed by atoms with van der Waals surface area (Å²) in [6.45, 7) is 13.0. The molecule has 1 atom stereocenters. The van der Waals surface area contributed by atoms with Crippen molar-refractivity contribution in [3.05, 3.63) is 11.8 Å². The molecule has 2 saturated heterocycles. The van der Waals surface area contributed by atoms with Gasteiger partial charge in [-0.2, -0.15) is 0 Å². The highest BCUT2D eigenvalue weighted by Crippen LogP contribution is 2.34. The van der Waals surface area contributed by atoms with Crippen molar-refractivity contribution in [2.45, 2.75) is 59.4 Å². The largest absolute Gasteiger partial charge is 0.345 e. The Hall–Kier alpha value is -1.52. The van der Waals surface area contributed by atoms with Crippen LogP contribution in [0.15, 0.2) is 11.8 Å². The molecule has 2 aliphatic rings. The number of hydrogen-bond acceptors (Lipinski definition) is 2. The number of piperidine rings is 1. The molecule has 0 spiro atoms. The van der Waals surface area contributed by atoms with Gasteiger partial charge >= 0.3 is 0 Å². The summed E-state index contributed by atoms with van der Waals surface area (Å²) in [6, 6.07) is 0. The number of nitrogens with zero attached hydrogens (tertiary/aromatic N) is 2. The van der Waals surface area contributed by atoms with E-state index in [9.17, 15) is 4.79 Å². The molecule has 1 unspecified atom stereocenters. The summed E-state index contributed by atoms with van der Waals surface area (Å²) in [4.78, 5) is 15.5. The number of allylic oxidation sites excluding steroid dienone is 1. The third-order valence-electron chi connectivity index (χ3n) is 5.11. The molecular weight excluding hydrogens is 288 g/mol. The van der Waals surface area contributed by atoms with E-state index in [1.807, 2.05) is 4.90 Å². The van der Waals surface area contributed by atoms with Gasteiger partial charge in [-0.25, -0.2) is 0 Å². The Morgan fingerprint density at radius 3 is 2.52 bits per heavy atom. The van der Waals surface area contributed by atoms with Crippen LogP contribution in [0.4, 0.5) is 0 Å². The Labute approximate surface area is 140 Å².